The molecule has 2 aromatic carbocycles. The number of carbonyl (C=O) groups excluding carboxylic acids is 3. The molecule has 0 saturated carbocycles. The van der Waals surface area contributed by atoms with E-state index in [0.29, 0.717) is 22.2 Å². The van der Waals surface area contributed by atoms with E-state index in [0.717, 1.165) is 10.5 Å². The first kappa shape index (κ1) is 20.5. The van der Waals surface area contributed by atoms with Crippen LogP contribution in [-0.4, -0.2) is 48.9 Å². The van der Waals surface area contributed by atoms with Gasteiger partial charge in [0, 0.05) is 12.4 Å². The molecule has 1 aliphatic heterocycles. The number of hydrogen-bond donors (Lipinski definition) is 0. The minimum absolute atomic E-state index is 0.0362. The highest BCUT2D eigenvalue weighted by Crippen LogP contribution is 2.39. The first-order valence-electron chi connectivity index (χ1n) is 9.24. The third-order valence-electron chi connectivity index (χ3n) is 4.86. The molecule has 0 unspecified atom stereocenters. The van der Waals surface area contributed by atoms with Crippen LogP contribution in [0.15, 0.2) is 41.8 Å². The van der Waals surface area contributed by atoms with Crippen molar-refractivity contribution in [3.63, 3.8) is 0 Å². The van der Waals surface area contributed by atoms with Crippen molar-refractivity contribution >= 4 is 29.1 Å². The number of methoxy groups -OCH3 is 2. The maximum absolute atomic E-state index is 12.5. The van der Waals surface area contributed by atoms with Gasteiger partial charge in [-0.15, -0.1) is 11.3 Å². The summed E-state index contributed by atoms with van der Waals surface area (Å²) in [6, 6.07) is 9.83. The molecule has 9 heteroatoms. The Morgan fingerprint density at radius 1 is 1.03 bits per heavy atom. The Morgan fingerprint density at radius 3 is 2.55 bits per heavy atom. The van der Waals surface area contributed by atoms with E-state index >= 15 is 0 Å². The third-order valence-corrected chi connectivity index (χ3v) is 5.79. The Bertz CT molecular complexity index is 1200. The van der Waals surface area contributed by atoms with Gasteiger partial charge >= 0.3 is 5.97 Å². The molecule has 0 radical (unpaired) electrons. The third kappa shape index (κ3) is 3.64. The number of ether oxygens (including phenoxy) is 3. The van der Waals surface area contributed by atoms with Gasteiger partial charge in [0.1, 0.15) is 11.6 Å². The van der Waals surface area contributed by atoms with Gasteiger partial charge in [0.05, 0.1) is 42.2 Å². The molecule has 0 saturated heterocycles. The topological polar surface area (TPSA) is 95.0 Å². The Balaban J connectivity index is 1.48. The zero-order valence-electron chi connectivity index (χ0n) is 17.0. The van der Waals surface area contributed by atoms with Crippen molar-refractivity contribution in [2.75, 3.05) is 21.3 Å². The van der Waals surface area contributed by atoms with Crippen molar-refractivity contribution in [2.45, 2.75) is 6.61 Å². The second kappa shape index (κ2) is 8.19. The maximum Gasteiger partial charge on any atom is 0.338 e. The Morgan fingerprint density at radius 2 is 1.81 bits per heavy atom. The first-order valence-corrected chi connectivity index (χ1v) is 10.1. The highest BCUT2D eigenvalue weighted by Gasteiger charge is 2.33. The van der Waals surface area contributed by atoms with Gasteiger partial charge in [0.25, 0.3) is 11.8 Å². The number of para-hydroxylation sites is 1. The number of aromatic nitrogens is 1. The van der Waals surface area contributed by atoms with Gasteiger partial charge in [-0.25, -0.2) is 9.78 Å². The van der Waals surface area contributed by atoms with Gasteiger partial charge in [-0.1, -0.05) is 6.07 Å². The smallest absolute Gasteiger partial charge is 0.338 e. The summed E-state index contributed by atoms with van der Waals surface area (Å²) in [5, 5.41) is 2.49. The molecule has 4 rings (SSSR count). The van der Waals surface area contributed by atoms with Crippen LogP contribution >= 0.6 is 11.3 Å². The van der Waals surface area contributed by atoms with Crippen LogP contribution in [0.4, 0.5) is 0 Å². The molecule has 2 amide bonds. The van der Waals surface area contributed by atoms with Crippen molar-refractivity contribution in [1.29, 1.82) is 0 Å². The molecule has 8 nitrogen and oxygen atoms in total. The summed E-state index contributed by atoms with van der Waals surface area (Å²) in [6.07, 6.45) is 0. The lowest BCUT2D eigenvalue weighted by atomic mass is 10.1. The normalized spacial score (nSPS) is 12.7. The first-order chi connectivity index (χ1) is 14.9. The van der Waals surface area contributed by atoms with Gasteiger partial charge in [0.2, 0.25) is 0 Å². The van der Waals surface area contributed by atoms with E-state index in [1.807, 2.05) is 12.1 Å². The van der Waals surface area contributed by atoms with Crippen LogP contribution in [-0.2, 0) is 11.3 Å². The van der Waals surface area contributed by atoms with Crippen molar-refractivity contribution in [3.8, 4) is 22.1 Å². The zero-order valence-corrected chi connectivity index (χ0v) is 17.8. The lowest BCUT2D eigenvalue weighted by molar-refractivity contribution is 0.0468. The Labute approximate surface area is 182 Å². The number of rotatable bonds is 6. The van der Waals surface area contributed by atoms with E-state index in [9.17, 15) is 14.4 Å². The molecule has 0 atom stereocenters. The number of hydrogen-bond acceptors (Lipinski definition) is 8. The zero-order chi connectivity index (χ0) is 22.1. The molecule has 0 fully saturated rings. The number of nitrogens with zero attached hydrogens (tertiary/aromatic N) is 2. The van der Waals surface area contributed by atoms with Crippen LogP contribution in [0.3, 0.4) is 0 Å². The van der Waals surface area contributed by atoms with Crippen LogP contribution in [0, 0.1) is 0 Å². The van der Waals surface area contributed by atoms with E-state index in [4.69, 9.17) is 14.2 Å². The van der Waals surface area contributed by atoms with Crippen molar-refractivity contribution in [3.05, 3.63) is 64.2 Å². The number of fused-ring (bicyclic) bond motifs is 1. The van der Waals surface area contributed by atoms with E-state index in [-0.39, 0.29) is 29.2 Å². The number of benzene rings is 2. The fourth-order valence-electron chi connectivity index (χ4n) is 3.26. The van der Waals surface area contributed by atoms with Crippen LogP contribution in [0.1, 0.15) is 36.8 Å². The van der Waals surface area contributed by atoms with Crippen LogP contribution in [0.2, 0.25) is 0 Å². The standard InChI is InChI=1S/C22H18N2O6S/c1-24-20(25)14-8-7-12(9-16(14)21(24)26)22(27)30-10-13-11-31-19(23-13)15-5-4-6-17(28-2)18(15)29-3/h4-9,11H,10H2,1-3H3. The van der Waals surface area contributed by atoms with Gasteiger partial charge in [-0.2, -0.15) is 0 Å². The molecule has 0 N–H and O–H groups in total. The Hall–Kier alpha value is -3.72. The van der Waals surface area contributed by atoms with Crippen molar-refractivity contribution in [2.24, 2.45) is 0 Å². The van der Waals surface area contributed by atoms with E-state index in [1.54, 1.807) is 25.7 Å². The minimum atomic E-state index is -0.605. The number of imide groups is 1. The predicted octanol–water partition coefficient (Wildman–Crippen LogP) is 3.41. The van der Waals surface area contributed by atoms with Gasteiger partial charge in [-0.3, -0.25) is 14.5 Å². The molecule has 0 spiro atoms. The maximum atomic E-state index is 12.5. The monoisotopic (exact) mass is 438 g/mol. The molecular formula is C22H18N2O6S. The molecule has 3 aromatic rings. The summed E-state index contributed by atoms with van der Waals surface area (Å²) in [4.78, 5) is 42.1. The average molecular weight is 438 g/mol. The van der Waals surface area contributed by atoms with Crippen molar-refractivity contribution < 1.29 is 28.6 Å². The lowest BCUT2D eigenvalue weighted by Gasteiger charge is -2.10. The highest BCUT2D eigenvalue weighted by molar-refractivity contribution is 7.13. The van der Waals surface area contributed by atoms with E-state index in [1.165, 1.54) is 36.6 Å². The van der Waals surface area contributed by atoms with E-state index < -0.39 is 11.9 Å². The number of esters is 1. The quantitative estimate of drug-likeness (QED) is 0.430. The fraction of sp³-hybridized carbons (Fsp3) is 0.182. The molecule has 1 aromatic heterocycles. The molecule has 158 valence electrons. The molecule has 2 heterocycles. The van der Waals surface area contributed by atoms with Crippen LogP contribution in [0.5, 0.6) is 11.5 Å². The Kier molecular flexibility index (Phi) is 5.43. The second-order valence-corrected chi connectivity index (χ2v) is 7.55. The molecule has 1 aliphatic rings. The molecule has 31 heavy (non-hydrogen) atoms. The molecule has 0 aliphatic carbocycles. The summed E-state index contributed by atoms with van der Waals surface area (Å²) in [5.41, 5.74) is 2.02. The molecule has 0 bridgehead atoms. The highest BCUT2D eigenvalue weighted by atomic mass is 32.1. The van der Waals surface area contributed by atoms with Crippen LogP contribution in [0.25, 0.3) is 10.6 Å². The number of thiazole rings is 1. The summed E-state index contributed by atoms with van der Waals surface area (Å²) in [7, 11) is 4.53. The number of amides is 2. The minimum Gasteiger partial charge on any atom is -0.493 e. The van der Waals surface area contributed by atoms with Crippen LogP contribution < -0.4 is 9.47 Å². The fourth-order valence-corrected chi connectivity index (χ4v) is 4.09. The SMILES string of the molecule is COc1cccc(-c2nc(COC(=O)c3ccc4c(c3)C(=O)N(C)C4=O)cs2)c1OC. The van der Waals surface area contributed by atoms with Crippen molar-refractivity contribution in [1.82, 2.24) is 9.88 Å². The summed E-state index contributed by atoms with van der Waals surface area (Å²) in [5.74, 6) is -0.260. The largest absolute Gasteiger partial charge is 0.493 e. The van der Waals surface area contributed by atoms with Gasteiger partial charge in [0.15, 0.2) is 11.5 Å². The average Bonchev–Trinajstić information content (AvgIpc) is 3.36. The lowest BCUT2D eigenvalue weighted by Crippen LogP contribution is -2.24. The summed E-state index contributed by atoms with van der Waals surface area (Å²) in [6.45, 7) is -0.0362. The van der Waals surface area contributed by atoms with E-state index in [2.05, 4.69) is 4.98 Å². The number of carbonyl (C=O) groups is 3. The van der Waals surface area contributed by atoms with Gasteiger partial charge < -0.3 is 14.2 Å². The van der Waals surface area contributed by atoms with Gasteiger partial charge in [-0.05, 0) is 30.3 Å². The second-order valence-electron chi connectivity index (χ2n) is 6.69. The molecular weight excluding hydrogens is 420 g/mol. The summed E-state index contributed by atoms with van der Waals surface area (Å²) >= 11 is 1.39. The summed E-state index contributed by atoms with van der Waals surface area (Å²) < 4.78 is 16.1. The predicted molar refractivity (Wildman–Crippen MR) is 113 cm³/mol.